The van der Waals surface area contributed by atoms with E-state index in [9.17, 15) is 4.79 Å². The Morgan fingerprint density at radius 2 is 1.89 bits per heavy atom. The number of carbonyl (C=O) groups excluding carboxylic acids is 1. The maximum Gasteiger partial charge on any atom is 0.244 e. The second-order valence-corrected chi connectivity index (χ2v) is 7.00. The van der Waals surface area contributed by atoms with Crippen molar-refractivity contribution in [2.75, 3.05) is 11.4 Å². The van der Waals surface area contributed by atoms with E-state index in [1.165, 1.54) is 16.8 Å². The lowest BCUT2D eigenvalue weighted by molar-refractivity contribution is -0.124. The number of aromatic nitrogens is 2. The number of hydrogen-bond donors (Lipinski definition) is 1. The summed E-state index contributed by atoms with van der Waals surface area (Å²) >= 11 is 0. The molecule has 1 unspecified atom stereocenters. The molecule has 138 valence electrons. The average molecular weight is 360 g/mol. The molecule has 1 aromatic heterocycles. The lowest BCUT2D eigenvalue weighted by atomic mass is 10.1. The van der Waals surface area contributed by atoms with Crippen LogP contribution in [0.2, 0.25) is 0 Å². The van der Waals surface area contributed by atoms with Crippen LogP contribution >= 0.6 is 0 Å². The second kappa shape index (κ2) is 7.66. The van der Waals surface area contributed by atoms with Gasteiger partial charge in [-0.05, 0) is 42.2 Å². The smallest absolute Gasteiger partial charge is 0.244 e. The fourth-order valence-corrected chi connectivity index (χ4v) is 3.52. The number of carbonyl (C=O) groups is 1. The van der Waals surface area contributed by atoms with Crippen molar-refractivity contribution >= 4 is 11.6 Å². The van der Waals surface area contributed by atoms with Gasteiger partial charge in [-0.25, -0.2) is 0 Å². The van der Waals surface area contributed by atoms with Crippen molar-refractivity contribution in [3.63, 3.8) is 0 Å². The molecule has 1 amide bonds. The van der Waals surface area contributed by atoms with Crippen molar-refractivity contribution in [3.8, 4) is 0 Å². The van der Waals surface area contributed by atoms with Gasteiger partial charge in [0.05, 0.1) is 0 Å². The molecule has 0 saturated carbocycles. The molecule has 0 spiro atoms. The minimum absolute atomic E-state index is 0.0311. The van der Waals surface area contributed by atoms with E-state index in [4.69, 9.17) is 0 Å². The molecule has 0 bridgehead atoms. The van der Waals surface area contributed by atoms with E-state index in [0.29, 0.717) is 6.54 Å². The predicted molar refractivity (Wildman–Crippen MR) is 106 cm³/mol. The molecule has 1 N–H and O–H groups in total. The molecular formula is C22H24N4O. The summed E-state index contributed by atoms with van der Waals surface area (Å²) in [7, 11) is 0. The van der Waals surface area contributed by atoms with E-state index in [0.717, 1.165) is 25.1 Å². The van der Waals surface area contributed by atoms with Gasteiger partial charge in [0.1, 0.15) is 6.04 Å². The van der Waals surface area contributed by atoms with Crippen molar-refractivity contribution < 1.29 is 4.79 Å². The van der Waals surface area contributed by atoms with E-state index in [-0.39, 0.29) is 11.9 Å². The standard InChI is InChI=1S/C22H24N4O/c1-17(26-13-4-12-24-26)22(27)23-15-18-7-9-19(10-8-18)16-25-14-11-20-5-2-3-6-21(20)25/h2-10,12-13,17H,11,14-16H2,1H3,(H,23,27). The lowest BCUT2D eigenvalue weighted by Crippen LogP contribution is -2.30. The highest BCUT2D eigenvalue weighted by molar-refractivity contribution is 5.79. The van der Waals surface area contributed by atoms with Crippen molar-refractivity contribution in [2.45, 2.75) is 32.5 Å². The van der Waals surface area contributed by atoms with Crippen molar-refractivity contribution in [1.29, 1.82) is 0 Å². The highest BCUT2D eigenvalue weighted by atomic mass is 16.2. The van der Waals surface area contributed by atoms with Crippen LogP contribution in [0.1, 0.15) is 29.7 Å². The largest absolute Gasteiger partial charge is 0.367 e. The van der Waals surface area contributed by atoms with E-state index in [1.807, 2.05) is 13.0 Å². The summed E-state index contributed by atoms with van der Waals surface area (Å²) in [6.45, 7) is 4.36. The monoisotopic (exact) mass is 360 g/mol. The molecule has 1 aliphatic rings. The summed E-state index contributed by atoms with van der Waals surface area (Å²) in [6, 6.07) is 18.6. The third kappa shape index (κ3) is 3.87. The number of rotatable bonds is 6. The van der Waals surface area contributed by atoms with Gasteiger partial charge in [0, 0.05) is 37.7 Å². The summed E-state index contributed by atoms with van der Waals surface area (Å²) in [5, 5.41) is 7.10. The quantitative estimate of drug-likeness (QED) is 0.734. The molecule has 0 aliphatic carbocycles. The van der Waals surface area contributed by atoms with E-state index in [2.05, 4.69) is 63.8 Å². The second-order valence-electron chi connectivity index (χ2n) is 7.00. The lowest BCUT2D eigenvalue weighted by Gasteiger charge is -2.19. The normalized spacial score (nSPS) is 14.0. The minimum Gasteiger partial charge on any atom is -0.367 e. The van der Waals surface area contributed by atoms with Gasteiger partial charge in [-0.1, -0.05) is 42.5 Å². The highest BCUT2D eigenvalue weighted by Crippen LogP contribution is 2.28. The van der Waals surface area contributed by atoms with Gasteiger partial charge < -0.3 is 10.2 Å². The Balaban J connectivity index is 1.32. The van der Waals surface area contributed by atoms with Gasteiger partial charge in [0.15, 0.2) is 0 Å². The van der Waals surface area contributed by atoms with Gasteiger partial charge in [-0.2, -0.15) is 5.10 Å². The fourth-order valence-electron chi connectivity index (χ4n) is 3.52. The van der Waals surface area contributed by atoms with Gasteiger partial charge in [-0.3, -0.25) is 9.48 Å². The number of para-hydroxylation sites is 1. The Hall–Kier alpha value is -3.08. The summed E-state index contributed by atoms with van der Waals surface area (Å²) in [6.07, 6.45) is 4.60. The van der Waals surface area contributed by atoms with Crippen molar-refractivity contribution in [3.05, 3.63) is 83.7 Å². The summed E-state index contributed by atoms with van der Waals surface area (Å²) in [4.78, 5) is 14.7. The number of amides is 1. The van der Waals surface area contributed by atoms with Gasteiger partial charge in [0.2, 0.25) is 5.91 Å². The Kier molecular flexibility index (Phi) is 4.92. The van der Waals surface area contributed by atoms with E-state index >= 15 is 0 Å². The molecular weight excluding hydrogens is 336 g/mol. The number of benzene rings is 2. The minimum atomic E-state index is -0.311. The van der Waals surface area contributed by atoms with E-state index < -0.39 is 0 Å². The third-order valence-corrected chi connectivity index (χ3v) is 5.15. The van der Waals surface area contributed by atoms with Crippen LogP contribution in [0.5, 0.6) is 0 Å². The zero-order chi connectivity index (χ0) is 18.6. The number of anilines is 1. The molecule has 2 aromatic carbocycles. The van der Waals surface area contributed by atoms with Gasteiger partial charge >= 0.3 is 0 Å². The van der Waals surface area contributed by atoms with Gasteiger partial charge in [0.25, 0.3) is 0 Å². The van der Waals surface area contributed by atoms with Crippen molar-refractivity contribution in [2.24, 2.45) is 0 Å². The molecule has 1 aliphatic heterocycles. The number of hydrogen-bond acceptors (Lipinski definition) is 3. The van der Waals surface area contributed by atoms with Crippen LogP contribution in [0.4, 0.5) is 5.69 Å². The third-order valence-electron chi connectivity index (χ3n) is 5.15. The highest BCUT2D eigenvalue weighted by Gasteiger charge is 2.18. The Morgan fingerprint density at radius 1 is 1.11 bits per heavy atom. The molecule has 5 nitrogen and oxygen atoms in total. The first-order chi connectivity index (χ1) is 13.2. The van der Waals surface area contributed by atoms with Crippen molar-refractivity contribution in [1.82, 2.24) is 15.1 Å². The van der Waals surface area contributed by atoms with Crippen LogP contribution in [0.3, 0.4) is 0 Å². The number of nitrogens with one attached hydrogen (secondary N) is 1. The first-order valence-corrected chi connectivity index (χ1v) is 9.38. The summed E-state index contributed by atoms with van der Waals surface area (Å²) in [5.41, 5.74) is 5.16. The summed E-state index contributed by atoms with van der Waals surface area (Å²) < 4.78 is 1.66. The molecule has 3 aromatic rings. The van der Waals surface area contributed by atoms with Crippen LogP contribution in [0.25, 0.3) is 0 Å². The zero-order valence-corrected chi connectivity index (χ0v) is 15.5. The molecule has 0 radical (unpaired) electrons. The van der Waals surface area contributed by atoms with E-state index in [1.54, 1.807) is 17.1 Å². The van der Waals surface area contributed by atoms with Crippen LogP contribution < -0.4 is 10.2 Å². The maximum absolute atomic E-state index is 12.3. The molecule has 2 heterocycles. The first kappa shape index (κ1) is 17.3. The summed E-state index contributed by atoms with van der Waals surface area (Å²) in [5.74, 6) is -0.0311. The molecule has 0 saturated heterocycles. The molecule has 5 heteroatoms. The number of nitrogens with zero attached hydrogens (tertiary/aromatic N) is 3. The Morgan fingerprint density at radius 3 is 2.67 bits per heavy atom. The topological polar surface area (TPSA) is 50.2 Å². The fraction of sp³-hybridized carbons (Fsp3) is 0.273. The van der Waals surface area contributed by atoms with Gasteiger partial charge in [-0.15, -0.1) is 0 Å². The maximum atomic E-state index is 12.3. The first-order valence-electron chi connectivity index (χ1n) is 9.38. The average Bonchev–Trinajstić information content (AvgIpc) is 3.37. The Bertz CT molecular complexity index is 902. The molecule has 4 rings (SSSR count). The zero-order valence-electron chi connectivity index (χ0n) is 15.5. The van der Waals surface area contributed by atoms with Crippen LogP contribution in [-0.4, -0.2) is 22.2 Å². The molecule has 0 fully saturated rings. The van der Waals surface area contributed by atoms with Crippen LogP contribution in [0, 0.1) is 0 Å². The Labute approximate surface area is 159 Å². The predicted octanol–water partition coefficient (Wildman–Crippen LogP) is 3.32. The molecule has 27 heavy (non-hydrogen) atoms. The SMILES string of the molecule is CC(C(=O)NCc1ccc(CN2CCc3ccccc32)cc1)n1cccn1. The molecule has 1 atom stereocenters. The number of fused-ring (bicyclic) bond motifs is 1. The van der Waals surface area contributed by atoms with Crippen LogP contribution in [0.15, 0.2) is 67.0 Å². The van der Waals surface area contributed by atoms with Crippen LogP contribution in [-0.2, 0) is 24.3 Å².